The molecule has 1 unspecified atom stereocenters. The number of benzene rings is 3. The second-order valence-corrected chi connectivity index (χ2v) is 8.25. The second-order valence-electron chi connectivity index (χ2n) is 8.25. The molecule has 3 nitrogen and oxygen atoms in total. The highest BCUT2D eigenvalue weighted by Gasteiger charge is 2.26. The van der Waals surface area contributed by atoms with E-state index >= 15 is 0 Å². The molecule has 0 radical (unpaired) electrons. The van der Waals surface area contributed by atoms with Crippen LogP contribution in [0.15, 0.2) is 78.9 Å². The van der Waals surface area contributed by atoms with Gasteiger partial charge >= 0.3 is 0 Å². The van der Waals surface area contributed by atoms with Crippen LogP contribution in [0.4, 0.5) is 0 Å². The number of aryl methyl sites for hydroxylation is 2. The van der Waals surface area contributed by atoms with Crippen LogP contribution in [-0.4, -0.2) is 16.4 Å². The van der Waals surface area contributed by atoms with E-state index in [4.69, 9.17) is 9.72 Å². The first-order valence-corrected chi connectivity index (χ1v) is 10.5. The topological polar surface area (TPSA) is 25.4 Å². The van der Waals surface area contributed by atoms with Gasteiger partial charge in [0.05, 0.1) is 5.52 Å². The van der Waals surface area contributed by atoms with Crippen LogP contribution < -0.4 is 4.74 Å². The summed E-state index contributed by atoms with van der Waals surface area (Å²) < 4.78 is 6.54. The van der Waals surface area contributed by atoms with E-state index < -0.39 is 0 Å². The lowest BCUT2D eigenvalue weighted by Gasteiger charge is -2.24. The largest absolute Gasteiger partial charge is 0.468 e. The van der Waals surface area contributed by atoms with Crippen molar-refractivity contribution in [3.05, 3.63) is 107 Å². The summed E-state index contributed by atoms with van der Waals surface area (Å²) in [6.07, 6.45) is -0.0485. The van der Waals surface area contributed by atoms with Crippen LogP contribution in [0.1, 0.15) is 33.9 Å². The van der Waals surface area contributed by atoms with Gasteiger partial charge in [0.2, 0.25) is 5.88 Å². The number of aromatic nitrogens is 1. The van der Waals surface area contributed by atoms with Crippen molar-refractivity contribution in [1.29, 1.82) is 0 Å². The molecule has 0 aliphatic carbocycles. The van der Waals surface area contributed by atoms with Crippen molar-refractivity contribution in [3.8, 4) is 5.88 Å². The van der Waals surface area contributed by atoms with Crippen molar-refractivity contribution in [1.82, 2.24) is 9.88 Å². The van der Waals surface area contributed by atoms with E-state index in [1.165, 1.54) is 27.6 Å². The third kappa shape index (κ3) is 3.81. The van der Waals surface area contributed by atoms with Crippen LogP contribution in [0.5, 0.6) is 5.88 Å². The third-order valence-corrected chi connectivity index (χ3v) is 5.96. The minimum absolute atomic E-state index is 0.0485. The van der Waals surface area contributed by atoms with Gasteiger partial charge < -0.3 is 4.74 Å². The van der Waals surface area contributed by atoms with Crippen LogP contribution in [0.25, 0.3) is 10.9 Å². The molecule has 4 aromatic rings. The molecule has 0 N–H and O–H groups in total. The fourth-order valence-corrected chi connectivity index (χ4v) is 4.20. The zero-order chi connectivity index (χ0) is 20.5. The average Bonchev–Trinajstić information content (AvgIpc) is 2.93. The Hall–Kier alpha value is -3.17. The van der Waals surface area contributed by atoms with Crippen molar-refractivity contribution in [3.63, 3.8) is 0 Å². The van der Waals surface area contributed by atoms with Gasteiger partial charge in [-0.05, 0) is 54.3 Å². The summed E-state index contributed by atoms with van der Waals surface area (Å²) in [5, 5.41) is 1.18. The smallest absolute Gasteiger partial charge is 0.219 e. The van der Waals surface area contributed by atoms with E-state index in [0.717, 1.165) is 36.6 Å². The Balaban J connectivity index is 1.57. The highest BCUT2D eigenvalue weighted by Crippen LogP contribution is 2.33. The SMILES string of the molecule is Cc1cc2cc3c(nc2cc1C)OC(c1ccccc1)CN(Cc1ccccc1)C3. The molecule has 0 saturated heterocycles. The summed E-state index contributed by atoms with van der Waals surface area (Å²) in [5.41, 5.74) is 7.20. The zero-order valence-electron chi connectivity index (χ0n) is 17.5. The molecule has 1 aliphatic rings. The fourth-order valence-electron chi connectivity index (χ4n) is 4.20. The van der Waals surface area contributed by atoms with E-state index in [2.05, 4.69) is 91.5 Å². The number of rotatable bonds is 3. The van der Waals surface area contributed by atoms with Crippen LogP contribution in [0.3, 0.4) is 0 Å². The lowest BCUT2D eigenvalue weighted by Crippen LogP contribution is -2.27. The highest BCUT2D eigenvalue weighted by molar-refractivity contribution is 5.82. The van der Waals surface area contributed by atoms with Gasteiger partial charge in [-0.3, -0.25) is 4.90 Å². The van der Waals surface area contributed by atoms with Gasteiger partial charge in [-0.25, -0.2) is 4.98 Å². The summed E-state index contributed by atoms with van der Waals surface area (Å²) in [6.45, 7) is 6.83. The molecule has 1 aliphatic heterocycles. The van der Waals surface area contributed by atoms with Crippen molar-refractivity contribution in [2.24, 2.45) is 0 Å². The summed E-state index contributed by atoms with van der Waals surface area (Å²) in [6, 6.07) is 27.8. The maximum Gasteiger partial charge on any atom is 0.219 e. The lowest BCUT2D eigenvalue weighted by atomic mass is 10.0. The molecule has 0 bridgehead atoms. The van der Waals surface area contributed by atoms with Gasteiger partial charge in [-0.15, -0.1) is 0 Å². The van der Waals surface area contributed by atoms with Gasteiger partial charge in [-0.2, -0.15) is 0 Å². The van der Waals surface area contributed by atoms with Crippen LogP contribution in [-0.2, 0) is 13.1 Å². The van der Waals surface area contributed by atoms with Crippen molar-refractivity contribution in [2.75, 3.05) is 6.54 Å². The van der Waals surface area contributed by atoms with E-state index in [0.29, 0.717) is 0 Å². The molecule has 0 saturated carbocycles. The Kier molecular flexibility index (Phi) is 4.97. The normalized spacial score (nSPS) is 16.7. The molecule has 1 aromatic heterocycles. The Morgan fingerprint density at radius 2 is 1.60 bits per heavy atom. The molecule has 0 amide bonds. The van der Waals surface area contributed by atoms with Gasteiger partial charge in [0.25, 0.3) is 0 Å². The summed E-state index contributed by atoms with van der Waals surface area (Å²) in [5.74, 6) is 0.759. The maximum atomic E-state index is 6.54. The minimum Gasteiger partial charge on any atom is -0.468 e. The molecular weight excluding hydrogens is 368 g/mol. The first kappa shape index (κ1) is 18.8. The van der Waals surface area contributed by atoms with Crippen LogP contribution in [0.2, 0.25) is 0 Å². The van der Waals surface area contributed by atoms with Gasteiger partial charge in [-0.1, -0.05) is 60.7 Å². The Morgan fingerprint density at radius 3 is 2.37 bits per heavy atom. The fraction of sp³-hybridized carbons (Fsp3) is 0.222. The summed E-state index contributed by atoms with van der Waals surface area (Å²) in [7, 11) is 0. The van der Waals surface area contributed by atoms with E-state index in [1.54, 1.807) is 0 Å². The monoisotopic (exact) mass is 394 g/mol. The Morgan fingerprint density at radius 1 is 0.900 bits per heavy atom. The number of hydrogen-bond donors (Lipinski definition) is 0. The predicted octanol–water partition coefficient (Wildman–Crippen LogP) is 5.99. The molecule has 1 atom stereocenters. The Labute approximate surface area is 178 Å². The van der Waals surface area contributed by atoms with E-state index in [1.807, 2.05) is 6.07 Å². The molecule has 3 heteroatoms. The predicted molar refractivity (Wildman–Crippen MR) is 122 cm³/mol. The number of nitrogens with zero attached hydrogens (tertiary/aromatic N) is 2. The molecule has 3 aromatic carbocycles. The quantitative estimate of drug-likeness (QED) is 0.427. The number of fused-ring (bicyclic) bond motifs is 2. The van der Waals surface area contributed by atoms with E-state index in [-0.39, 0.29) is 6.10 Å². The highest BCUT2D eigenvalue weighted by atomic mass is 16.5. The minimum atomic E-state index is -0.0485. The van der Waals surface area contributed by atoms with Crippen LogP contribution >= 0.6 is 0 Å². The number of ether oxygens (including phenoxy) is 1. The number of hydrogen-bond acceptors (Lipinski definition) is 3. The standard InChI is InChI=1S/C27H26N2O/c1-19-13-23-15-24-17-29(16-21-9-5-3-6-10-21)18-26(22-11-7-4-8-12-22)30-27(24)28-25(23)14-20(19)2/h3-15,26H,16-18H2,1-2H3. The molecule has 30 heavy (non-hydrogen) atoms. The zero-order valence-corrected chi connectivity index (χ0v) is 17.5. The van der Waals surface area contributed by atoms with E-state index in [9.17, 15) is 0 Å². The maximum absolute atomic E-state index is 6.54. The average molecular weight is 395 g/mol. The number of pyridine rings is 1. The lowest BCUT2D eigenvalue weighted by molar-refractivity contribution is 0.140. The first-order chi connectivity index (χ1) is 14.7. The molecule has 150 valence electrons. The van der Waals surface area contributed by atoms with Gasteiger partial charge in [0.15, 0.2) is 0 Å². The molecule has 2 heterocycles. The molecular formula is C27H26N2O. The van der Waals surface area contributed by atoms with Gasteiger partial charge in [0, 0.05) is 30.6 Å². The summed E-state index contributed by atoms with van der Waals surface area (Å²) in [4.78, 5) is 7.41. The molecule has 0 fully saturated rings. The van der Waals surface area contributed by atoms with Crippen LogP contribution in [0, 0.1) is 13.8 Å². The van der Waals surface area contributed by atoms with Crippen molar-refractivity contribution < 1.29 is 4.74 Å². The van der Waals surface area contributed by atoms with Crippen molar-refractivity contribution >= 4 is 10.9 Å². The second kappa shape index (κ2) is 7.92. The third-order valence-electron chi connectivity index (χ3n) is 5.96. The van der Waals surface area contributed by atoms with Gasteiger partial charge in [0.1, 0.15) is 6.10 Å². The molecule has 5 rings (SSSR count). The Bertz CT molecular complexity index is 1170. The summed E-state index contributed by atoms with van der Waals surface area (Å²) >= 11 is 0. The van der Waals surface area contributed by atoms with Crippen molar-refractivity contribution in [2.45, 2.75) is 33.0 Å². The first-order valence-electron chi connectivity index (χ1n) is 10.5. The molecule has 0 spiro atoms.